The summed E-state index contributed by atoms with van der Waals surface area (Å²) < 4.78 is 10.9. The Hall–Kier alpha value is -1.83. The molecule has 0 atom stereocenters. The van der Waals surface area contributed by atoms with E-state index in [0.717, 1.165) is 25.7 Å². The molecule has 23 heavy (non-hydrogen) atoms. The van der Waals surface area contributed by atoms with Crippen molar-refractivity contribution in [1.29, 1.82) is 5.26 Å². The van der Waals surface area contributed by atoms with Gasteiger partial charge >= 0.3 is 11.9 Å². The SMILES string of the molecule is CC=CC(=O)OC1CCC(C(=O)OC2CCC(C#N)CC2)CC1. The second kappa shape index (κ2) is 8.71. The molecule has 0 N–H and O–H groups in total. The molecule has 0 aromatic rings. The lowest BCUT2D eigenvalue weighted by Gasteiger charge is -2.30. The van der Waals surface area contributed by atoms with E-state index in [1.807, 2.05) is 0 Å². The van der Waals surface area contributed by atoms with Crippen molar-refractivity contribution in [1.82, 2.24) is 0 Å². The molecular weight excluding hydrogens is 294 g/mol. The number of carbonyl (C=O) groups excluding carboxylic acids is 2. The summed E-state index contributed by atoms with van der Waals surface area (Å²) in [4.78, 5) is 23.7. The highest BCUT2D eigenvalue weighted by Crippen LogP contribution is 2.30. The lowest BCUT2D eigenvalue weighted by atomic mass is 9.86. The number of rotatable bonds is 4. The maximum absolute atomic E-state index is 12.2. The van der Waals surface area contributed by atoms with E-state index >= 15 is 0 Å². The van der Waals surface area contributed by atoms with Gasteiger partial charge in [-0.25, -0.2) is 4.79 Å². The Kier molecular flexibility index (Phi) is 6.64. The second-order valence-corrected chi connectivity index (χ2v) is 6.45. The molecule has 0 heterocycles. The van der Waals surface area contributed by atoms with Gasteiger partial charge in [0.25, 0.3) is 0 Å². The molecule has 0 aliphatic heterocycles. The summed E-state index contributed by atoms with van der Waals surface area (Å²) in [5, 5.41) is 8.89. The van der Waals surface area contributed by atoms with Crippen LogP contribution in [0.25, 0.3) is 0 Å². The van der Waals surface area contributed by atoms with E-state index in [2.05, 4.69) is 6.07 Å². The highest BCUT2D eigenvalue weighted by Gasteiger charge is 2.31. The smallest absolute Gasteiger partial charge is 0.330 e. The molecular formula is C18H25NO4. The summed E-state index contributed by atoms with van der Waals surface area (Å²) >= 11 is 0. The number of allylic oxidation sites excluding steroid dienone is 1. The molecule has 0 unspecified atom stereocenters. The number of esters is 2. The van der Waals surface area contributed by atoms with E-state index in [-0.39, 0.29) is 36.0 Å². The van der Waals surface area contributed by atoms with Crippen molar-refractivity contribution < 1.29 is 19.1 Å². The molecule has 0 bridgehead atoms. The minimum Gasteiger partial charge on any atom is -0.462 e. The monoisotopic (exact) mass is 319 g/mol. The summed E-state index contributed by atoms with van der Waals surface area (Å²) in [7, 11) is 0. The molecule has 2 aliphatic rings. The second-order valence-electron chi connectivity index (χ2n) is 6.45. The van der Waals surface area contributed by atoms with Crippen molar-refractivity contribution >= 4 is 11.9 Å². The highest BCUT2D eigenvalue weighted by atomic mass is 16.5. The van der Waals surface area contributed by atoms with Crippen LogP contribution in [0, 0.1) is 23.2 Å². The van der Waals surface area contributed by atoms with Gasteiger partial charge in [-0.05, 0) is 58.3 Å². The number of ether oxygens (including phenoxy) is 2. The van der Waals surface area contributed by atoms with Gasteiger partial charge in [0.05, 0.1) is 12.0 Å². The molecule has 2 saturated carbocycles. The first kappa shape index (κ1) is 17.5. The molecule has 5 nitrogen and oxygen atoms in total. The van der Waals surface area contributed by atoms with Crippen LogP contribution in [-0.2, 0) is 19.1 Å². The molecule has 0 spiro atoms. The summed E-state index contributed by atoms with van der Waals surface area (Å²) in [6, 6.07) is 2.28. The van der Waals surface area contributed by atoms with Gasteiger partial charge in [-0.1, -0.05) is 6.08 Å². The van der Waals surface area contributed by atoms with Crippen molar-refractivity contribution in [2.45, 2.75) is 70.5 Å². The van der Waals surface area contributed by atoms with E-state index in [0.29, 0.717) is 25.7 Å². The highest BCUT2D eigenvalue weighted by molar-refractivity contribution is 5.82. The van der Waals surface area contributed by atoms with Crippen LogP contribution >= 0.6 is 0 Å². The van der Waals surface area contributed by atoms with Gasteiger partial charge in [0, 0.05) is 12.0 Å². The number of hydrogen-bond donors (Lipinski definition) is 0. The quantitative estimate of drug-likeness (QED) is 0.587. The average molecular weight is 319 g/mol. The van der Waals surface area contributed by atoms with Crippen molar-refractivity contribution in [3.63, 3.8) is 0 Å². The summed E-state index contributed by atoms with van der Waals surface area (Å²) in [5.74, 6) is -0.399. The van der Waals surface area contributed by atoms with E-state index in [4.69, 9.17) is 14.7 Å². The zero-order valence-corrected chi connectivity index (χ0v) is 13.7. The predicted octanol–water partition coefficient (Wildman–Crippen LogP) is 3.29. The Labute approximate surface area is 137 Å². The largest absolute Gasteiger partial charge is 0.462 e. The fraction of sp³-hybridized carbons (Fsp3) is 0.722. The molecule has 0 radical (unpaired) electrons. The van der Waals surface area contributed by atoms with Gasteiger partial charge in [0.15, 0.2) is 0 Å². The van der Waals surface area contributed by atoms with E-state index in [9.17, 15) is 9.59 Å². The summed E-state index contributed by atoms with van der Waals surface area (Å²) in [6.45, 7) is 1.78. The van der Waals surface area contributed by atoms with Crippen LogP contribution in [0.2, 0.25) is 0 Å². The first-order chi connectivity index (χ1) is 11.1. The predicted molar refractivity (Wildman–Crippen MR) is 84.1 cm³/mol. The maximum Gasteiger partial charge on any atom is 0.330 e. The molecule has 0 saturated heterocycles. The van der Waals surface area contributed by atoms with Crippen LogP contribution in [0.5, 0.6) is 0 Å². The Balaban J connectivity index is 1.70. The number of hydrogen-bond acceptors (Lipinski definition) is 5. The molecule has 2 fully saturated rings. The van der Waals surface area contributed by atoms with Crippen LogP contribution in [0.15, 0.2) is 12.2 Å². The average Bonchev–Trinajstić information content (AvgIpc) is 2.56. The molecule has 0 amide bonds. The van der Waals surface area contributed by atoms with Gasteiger partial charge in [-0.2, -0.15) is 5.26 Å². The molecule has 0 aromatic heterocycles. The Bertz CT molecular complexity index is 478. The van der Waals surface area contributed by atoms with Gasteiger partial charge in [0.1, 0.15) is 12.2 Å². The van der Waals surface area contributed by atoms with Gasteiger partial charge in [-0.15, -0.1) is 0 Å². The number of nitriles is 1. The van der Waals surface area contributed by atoms with Crippen LogP contribution in [0.4, 0.5) is 0 Å². The van der Waals surface area contributed by atoms with Crippen LogP contribution < -0.4 is 0 Å². The fourth-order valence-electron chi connectivity index (χ4n) is 3.33. The first-order valence-corrected chi connectivity index (χ1v) is 8.55. The van der Waals surface area contributed by atoms with E-state index in [1.54, 1.807) is 13.0 Å². The van der Waals surface area contributed by atoms with E-state index < -0.39 is 0 Å². The minimum absolute atomic E-state index is 0.0302. The topological polar surface area (TPSA) is 76.4 Å². The standard InChI is InChI=1S/C18H25NO4/c1-2-3-17(20)22-15-10-6-14(7-11-15)18(21)23-16-8-4-13(12-19)5-9-16/h2-3,13-16H,4-11H2,1H3. The fourth-order valence-corrected chi connectivity index (χ4v) is 3.33. The first-order valence-electron chi connectivity index (χ1n) is 8.55. The molecule has 2 aliphatic carbocycles. The third-order valence-electron chi connectivity index (χ3n) is 4.73. The van der Waals surface area contributed by atoms with Crippen LogP contribution in [-0.4, -0.2) is 24.1 Å². The van der Waals surface area contributed by atoms with Gasteiger partial charge in [0.2, 0.25) is 0 Å². The van der Waals surface area contributed by atoms with Crippen molar-refractivity contribution in [3.8, 4) is 6.07 Å². The Morgan fingerprint density at radius 2 is 1.52 bits per heavy atom. The van der Waals surface area contributed by atoms with Gasteiger partial charge < -0.3 is 9.47 Å². The number of nitrogens with zero attached hydrogens (tertiary/aromatic N) is 1. The zero-order chi connectivity index (χ0) is 16.7. The molecule has 2 rings (SSSR count). The van der Waals surface area contributed by atoms with Crippen LogP contribution in [0.3, 0.4) is 0 Å². The lowest BCUT2D eigenvalue weighted by molar-refractivity contribution is -0.158. The number of carbonyl (C=O) groups is 2. The summed E-state index contributed by atoms with van der Waals surface area (Å²) in [6.07, 6.45) is 9.02. The maximum atomic E-state index is 12.2. The lowest BCUT2D eigenvalue weighted by Crippen LogP contribution is -2.32. The third-order valence-corrected chi connectivity index (χ3v) is 4.73. The zero-order valence-electron chi connectivity index (χ0n) is 13.7. The minimum atomic E-state index is -0.312. The molecule has 5 heteroatoms. The van der Waals surface area contributed by atoms with Crippen molar-refractivity contribution in [2.75, 3.05) is 0 Å². The van der Waals surface area contributed by atoms with Crippen molar-refractivity contribution in [3.05, 3.63) is 12.2 Å². The Morgan fingerprint density at radius 3 is 2.09 bits per heavy atom. The molecule has 126 valence electrons. The van der Waals surface area contributed by atoms with Gasteiger partial charge in [-0.3, -0.25) is 4.79 Å². The normalized spacial score (nSPS) is 31.3. The van der Waals surface area contributed by atoms with E-state index in [1.165, 1.54) is 6.08 Å². The third kappa shape index (κ3) is 5.38. The van der Waals surface area contributed by atoms with Crippen LogP contribution in [0.1, 0.15) is 58.3 Å². The molecule has 0 aromatic carbocycles. The van der Waals surface area contributed by atoms with Crippen molar-refractivity contribution in [2.24, 2.45) is 11.8 Å². The summed E-state index contributed by atoms with van der Waals surface area (Å²) in [5.41, 5.74) is 0. The Morgan fingerprint density at radius 1 is 0.957 bits per heavy atom.